The average Bonchev–Trinajstić information content (AvgIpc) is 3.23. The molecule has 0 amide bonds. The highest BCUT2D eigenvalue weighted by Gasteiger charge is 2.24. The predicted octanol–water partition coefficient (Wildman–Crippen LogP) is 4.81. The van der Waals surface area contributed by atoms with Gasteiger partial charge in [-0.05, 0) is 28.1 Å². The number of rotatable bonds is 4. The maximum absolute atomic E-state index is 8.60. The number of thiophene rings is 1. The van der Waals surface area contributed by atoms with E-state index in [1.807, 2.05) is 60.7 Å². The van der Waals surface area contributed by atoms with Gasteiger partial charge in [0.2, 0.25) is 5.90 Å². The third kappa shape index (κ3) is 5.20. The van der Waals surface area contributed by atoms with E-state index in [1.54, 1.807) is 0 Å². The molecule has 2 aliphatic heterocycles. The van der Waals surface area contributed by atoms with Gasteiger partial charge in [-0.25, -0.2) is 4.99 Å². The Morgan fingerprint density at radius 3 is 2.69 bits per heavy atom. The summed E-state index contributed by atoms with van der Waals surface area (Å²) >= 11 is 4.95. The number of ether oxygens (including phenoxy) is 2. The van der Waals surface area contributed by atoms with E-state index in [1.165, 1.54) is 11.3 Å². The second kappa shape index (κ2) is 10.7. The molecule has 1 saturated heterocycles. The molecule has 36 heavy (non-hydrogen) atoms. The number of nitrogens with one attached hydrogen (secondary N) is 2. The van der Waals surface area contributed by atoms with E-state index < -0.39 is 6.17 Å². The Labute approximate surface area is 221 Å². The van der Waals surface area contributed by atoms with Gasteiger partial charge in [0, 0.05) is 29.9 Å². The van der Waals surface area contributed by atoms with Crippen LogP contribution in [0.2, 0.25) is 0 Å². The fourth-order valence-corrected chi connectivity index (χ4v) is 5.59. The summed E-state index contributed by atoms with van der Waals surface area (Å²) in [5, 5.41) is 11.9. The molecule has 8 nitrogen and oxygen atoms in total. The van der Waals surface area contributed by atoms with Crippen molar-refractivity contribution in [2.45, 2.75) is 6.17 Å². The Hall–Kier alpha value is -3.47. The SMILES string of the molecule is C=C1Nc2ccccc2C(c2ccccc2)=NC1N=C(N)OC(=N)c1sc(Br)cc1N1CCOCC1. The lowest BCUT2D eigenvalue weighted by molar-refractivity contribution is 0.122. The van der Waals surface area contributed by atoms with Gasteiger partial charge in [0.25, 0.3) is 6.02 Å². The van der Waals surface area contributed by atoms with Crippen molar-refractivity contribution in [1.29, 1.82) is 5.41 Å². The Morgan fingerprint density at radius 1 is 1.19 bits per heavy atom. The number of anilines is 2. The zero-order valence-electron chi connectivity index (χ0n) is 19.4. The van der Waals surface area contributed by atoms with Crippen LogP contribution >= 0.6 is 27.3 Å². The Morgan fingerprint density at radius 2 is 1.92 bits per heavy atom. The molecule has 3 aromatic rings. The predicted molar refractivity (Wildman–Crippen MR) is 150 cm³/mol. The van der Waals surface area contributed by atoms with E-state index in [9.17, 15) is 0 Å². The standard InChI is InChI=1S/C26H25BrN6O2S/c1-16-25(31-22(17-7-3-2-4-8-17)18-9-5-6-10-19(18)30-16)32-26(29)35-24(28)23-20(15-21(27)36-23)33-11-13-34-14-12-33/h2-10,15,25,28,30H,1,11-14H2,(H2,29,32). The first kappa shape index (κ1) is 24.2. The van der Waals surface area contributed by atoms with Crippen LogP contribution in [-0.2, 0) is 9.47 Å². The Bertz CT molecular complexity index is 1350. The molecular formula is C26H25BrN6O2S. The van der Waals surface area contributed by atoms with Crippen LogP contribution in [0.5, 0.6) is 0 Å². The molecule has 2 aromatic carbocycles. The van der Waals surface area contributed by atoms with Gasteiger partial charge in [-0.2, -0.15) is 0 Å². The fourth-order valence-electron chi connectivity index (χ4n) is 4.09. The summed E-state index contributed by atoms with van der Waals surface area (Å²) in [5.74, 6) is -0.0730. The lowest BCUT2D eigenvalue weighted by atomic mass is 10.0. The molecule has 0 spiro atoms. The fraction of sp³-hybridized carbons (Fsp3) is 0.192. The number of fused-ring (bicyclic) bond motifs is 1. The van der Waals surface area contributed by atoms with Crippen molar-refractivity contribution < 1.29 is 9.47 Å². The van der Waals surface area contributed by atoms with Crippen molar-refractivity contribution in [3.63, 3.8) is 0 Å². The molecule has 0 bridgehead atoms. The van der Waals surface area contributed by atoms with Crippen LogP contribution in [0.1, 0.15) is 16.0 Å². The summed E-state index contributed by atoms with van der Waals surface area (Å²) in [6, 6.07) is 19.6. The smallest absolute Gasteiger partial charge is 0.291 e. The summed E-state index contributed by atoms with van der Waals surface area (Å²) in [5.41, 5.74) is 11.2. The molecule has 184 valence electrons. The zero-order valence-corrected chi connectivity index (χ0v) is 21.8. The van der Waals surface area contributed by atoms with Crippen molar-refractivity contribution in [2.75, 3.05) is 36.5 Å². The number of hydrogen-bond acceptors (Lipinski definition) is 8. The second-order valence-electron chi connectivity index (χ2n) is 8.18. The molecule has 3 heterocycles. The Kier molecular flexibility index (Phi) is 7.17. The Balaban J connectivity index is 1.42. The van der Waals surface area contributed by atoms with Gasteiger partial charge in [-0.3, -0.25) is 10.4 Å². The largest absolute Gasteiger partial charge is 0.406 e. The molecule has 1 atom stereocenters. The van der Waals surface area contributed by atoms with Crippen molar-refractivity contribution >= 4 is 56.3 Å². The van der Waals surface area contributed by atoms with Gasteiger partial charge >= 0.3 is 0 Å². The lowest BCUT2D eigenvalue weighted by Crippen LogP contribution is -2.37. The third-order valence-electron chi connectivity index (χ3n) is 5.78. The maximum atomic E-state index is 8.60. The minimum Gasteiger partial charge on any atom is -0.406 e. The molecule has 1 aromatic heterocycles. The summed E-state index contributed by atoms with van der Waals surface area (Å²) < 4.78 is 12.1. The molecule has 1 fully saturated rings. The number of hydrogen-bond donors (Lipinski definition) is 3. The van der Waals surface area contributed by atoms with E-state index in [2.05, 4.69) is 37.7 Å². The van der Waals surface area contributed by atoms with Gasteiger partial charge in [-0.15, -0.1) is 11.3 Å². The topological polar surface area (TPSA) is 108 Å². The number of morpholine rings is 1. The van der Waals surface area contributed by atoms with Crippen LogP contribution in [0, 0.1) is 5.41 Å². The monoisotopic (exact) mass is 564 g/mol. The lowest BCUT2D eigenvalue weighted by Gasteiger charge is -2.28. The highest BCUT2D eigenvalue weighted by molar-refractivity contribution is 9.11. The number of nitrogens with two attached hydrogens (primary N) is 1. The van der Waals surface area contributed by atoms with E-state index in [0.717, 1.165) is 45.1 Å². The summed E-state index contributed by atoms with van der Waals surface area (Å²) in [4.78, 5) is 12.2. The van der Waals surface area contributed by atoms with Crippen LogP contribution < -0.4 is 16.0 Å². The highest BCUT2D eigenvalue weighted by Crippen LogP contribution is 2.35. The third-order valence-corrected chi connectivity index (χ3v) is 7.41. The molecule has 0 radical (unpaired) electrons. The minimum absolute atomic E-state index is 0.0730. The van der Waals surface area contributed by atoms with Crippen molar-refractivity contribution in [3.05, 3.63) is 92.7 Å². The van der Waals surface area contributed by atoms with E-state index in [4.69, 9.17) is 25.6 Å². The first-order valence-corrected chi connectivity index (χ1v) is 13.0. The molecule has 5 rings (SSSR count). The quantitative estimate of drug-likeness (QED) is 0.311. The number of para-hydroxylation sites is 1. The summed E-state index contributed by atoms with van der Waals surface area (Å²) in [7, 11) is 0. The minimum atomic E-state index is -0.741. The number of benzene rings is 2. The molecular weight excluding hydrogens is 540 g/mol. The van der Waals surface area contributed by atoms with Crippen LogP contribution in [0.3, 0.4) is 0 Å². The van der Waals surface area contributed by atoms with Crippen molar-refractivity contribution in [1.82, 2.24) is 0 Å². The van der Waals surface area contributed by atoms with Crippen molar-refractivity contribution in [2.24, 2.45) is 15.7 Å². The highest BCUT2D eigenvalue weighted by atomic mass is 79.9. The molecule has 10 heteroatoms. The molecule has 4 N–H and O–H groups in total. The number of benzodiazepines with no additional fused rings is 1. The molecule has 0 aliphatic carbocycles. The van der Waals surface area contributed by atoms with E-state index >= 15 is 0 Å². The molecule has 0 saturated carbocycles. The molecule has 2 aliphatic rings. The maximum Gasteiger partial charge on any atom is 0.291 e. The number of halogens is 1. The van der Waals surface area contributed by atoms with Gasteiger partial charge in [0.05, 0.1) is 34.1 Å². The normalized spacial score (nSPS) is 18.1. The molecule has 1 unspecified atom stereocenters. The number of nitrogens with zero attached hydrogens (tertiary/aromatic N) is 3. The summed E-state index contributed by atoms with van der Waals surface area (Å²) in [6.45, 7) is 6.92. The first-order valence-electron chi connectivity index (χ1n) is 11.4. The van der Waals surface area contributed by atoms with Crippen molar-refractivity contribution in [3.8, 4) is 0 Å². The van der Waals surface area contributed by atoms with Gasteiger partial charge in [0.1, 0.15) is 4.88 Å². The first-order chi connectivity index (χ1) is 17.5. The van der Waals surface area contributed by atoms with Gasteiger partial charge in [0.15, 0.2) is 6.17 Å². The van der Waals surface area contributed by atoms with Crippen LogP contribution in [0.15, 0.2) is 86.7 Å². The van der Waals surface area contributed by atoms with E-state index in [-0.39, 0.29) is 11.9 Å². The van der Waals surface area contributed by atoms with Crippen LogP contribution in [-0.4, -0.2) is 50.1 Å². The van der Waals surface area contributed by atoms with Crippen LogP contribution in [0.4, 0.5) is 11.4 Å². The summed E-state index contributed by atoms with van der Waals surface area (Å²) in [6.07, 6.45) is -0.741. The number of amidine groups is 1. The van der Waals surface area contributed by atoms with E-state index in [0.29, 0.717) is 23.8 Å². The average molecular weight is 565 g/mol. The van der Waals surface area contributed by atoms with Gasteiger partial charge in [-0.1, -0.05) is 55.1 Å². The zero-order chi connectivity index (χ0) is 25.1. The number of aliphatic imine (C=N–C) groups is 2. The second-order valence-corrected chi connectivity index (χ2v) is 10.6. The van der Waals surface area contributed by atoms with Gasteiger partial charge < -0.3 is 25.4 Å². The van der Waals surface area contributed by atoms with Crippen LogP contribution in [0.25, 0.3) is 0 Å².